The number of hydrogen-bond donors (Lipinski definition) is 1. The van der Waals surface area contributed by atoms with Crippen molar-refractivity contribution in [1.29, 1.82) is 0 Å². The van der Waals surface area contributed by atoms with Crippen molar-refractivity contribution in [3.63, 3.8) is 0 Å². The van der Waals surface area contributed by atoms with Crippen molar-refractivity contribution in [3.8, 4) is 11.5 Å². The van der Waals surface area contributed by atoms with Gasteiger partial charge in [-0.15, -0.1) is 0 Å². The number of fused-ring (bicyclic) bond motifs is 2. The van der Waals surface area contributed by atoms with E-state index >= 15 is 0 Å². The Morgan fingerprint density at radius 3 is 2.27 bits per heavy atom. The molecule has 0 saturated carbocycles. The number of likely N-dealkylation sites (N-methyl/N-ethyl adjacent to an activating group) is 1. The van der Waals surface area contributed by atoms with Crippen molar-refractivity contribution in [1.82, 2.24) is 4.90 Å². The average Bonchev–Trinajstić information content (AvgIpc) is 2.72. The maximum atomic E-state index is 13.5. The topological polar surface area (TPSA) is 51.2 Å². The molecule has 7 heteroatoms. The van der Waals surface area contributed by atoms with Crippen LogP contribution in [-0.4, -0.2) is 54.2 Å². The number of aryl methyl sites for hydroxylation is 2. The van der Waals surface area contributed by atoms with Gasteiger partial charge in [-0.2, -0.15) is 0 Å². The molecule has 1 fully saturated rings. The number of halogens is 2. The summed E-state index contributed by atoms with van der Waals surface area (Å²) < 4.78 is 45.3. The molecule has 5 nitrogen and oxygen atoms in total. The van der Waals surface area contributed by atoms with Gasteiger partial charge in [0, 0.05) is 6.54 Å². The van der Waals surface area contributed by atoms with Crippen LogP contribution in [0.15, 0.2) is 36.4 Å². The molecule has 0 bridgehead atoms. The third-order valence-corrected chi connectivity index (χ3v) is 6.23. The van der Waals surface area contributed by atoms with E-state index < -0.39 is 11.9 Å². The first kappa shape index (κ1) is 19.7. The second kappa shape index (κ2) is 7.48. The van der Waals surface area contributed by atoms with Crippen LogP contribution in [0.4, 0.5) is 8.78 Å². The van der Waals surface area contributed by atoms with Crippen molar-refractivity contribution in [2.45, 2.75) is 49.8 Å². The van der Waals surface area contributed by atoms with Crippen molar-refractivity contribution in [3.05, 3.63) is 59.2 Å². The van der Waals surface area contributed by atoms with Gasteiger partial charge in [0.1, 0.15) is 35.3 Å². The van der Waals surface area contributed by atoms with Crippen LogP contribution in [0.3, 0.4) is 0 Å². The number of ether oxygens (including phenoxy) is 3. The number of β-amino-alcohol motifs (C(OH)–C–C–N with tert-alkyl or cyclic N) is 1. The van der Waals surface area contributed by atoms with Crippen LogP contribution in [0.5, 0.6) is 11.5 Å². The van der Waals surface area contributed by atoms with E-state index in [1.165, 1.54) is 24.3 Å². The van der Waals surface area contributed by atoms with Crippen LogP contribution in [-0.2, 0) is 17.6 Å². The highest BCUT2D eigenvalue weighted by Gasteiger charge is 2.49. The van der Waals surface area contributed by atoms with Crippen LogP contribution >= 0.6 is 0 Å². The standard InChI is InChI=1S/C23H25F2NO4/c1-26-12-21(20-6-2-14-10-16(24)4-7-18(14)28-20)30-23(27,13-26)22-9-3-15-11-17(25)5-8-19(15)29-22/h4-5,7-8,10-11,20-22,27H,2-3,6,9,12-13H2,1H3. The van der Waals surface area contributed by atoms with Gasteiger partial charge in [-0.05, 0) is 80.3 Å². The highest BCUT2D eigenvalue weighted by molar-refractivity contribution is 5.37. The number of benzene rings is 2. The van der Waals surface area contributed by atoms with Crippen LogP contribution in [0.1, 0.15) is 24.0 Å². The van der Waals surface area contributed by atoms with E-state index in [2.05, 4.69) is 0 Å². The Kier molecular flexibility index (Phi) is 4.92. The summed E-state index contributed by atoms with van der Waals surface area (Å²) in [7, 11) is 1.93. The van der Waals surface area contributed by atoms with E-state index in [1.807, 2.05) is 11.9 Å². The second-order valence-electron chi connectivity index (χ2n) is 8.54. The van der Waals surface area contributed by atoms with E-state index in [4.69, 9.17) is 14.2 Å². The summed E-state index contributed by atoms with van der Waals surface area (Å²) in [5, 5.41) is 11.4. The largest absolute Gasteiger partial charge is 0.487 e. The number of rotatable bonds is 2. The van der Waals surface area contributed by atoms with Gasteiger partial charge in [0.15, 0.2) is 6.10 Å². The molecular formula is C23H25F2NO4. The Labute approximate surface area is 174 Å². The van der Waals surface area contributed by atoms with Crippen LogP contribution in [0.2, 0.25) is 0 Å². The van der Waals surface area contributed by atoms with Crippen LogP contribution in [0.25, 0.3) is 0 Å². The molecule has 30 heavy (non-hydrogen) atoms. The van der Waals surface area contributed by atoms with Gasteiger partial charge in [-0.1, -0.05) is 0 Å². The molecule has 3 heterocycles. The lowest BCUT2D eigenvalue weighted by molar-refractivity contribution is -0.312. The zero-order chi connectivity index (χ0) is 20.9. The molecule has 1 saturated heterocycles. The van der Waals surface area contributed by atoms with E-state index in [-0.39, 0.29) is 23.8 Å². The van der Waals surface area contributed by atoms with Gasteiger partial charge in [0.25, 0.3) is 0 Å². The van der Waals surface area contributed by atoms with E-state index in [0.29, 0.717) is 50.3 Å². The minimum atomic E-state index is -1.50. The molecule has 5 rings (SSSR count). The minimum absolute atomic E-state index is 0.248. The fraction of sp³-hybridized carbons (Fsp3) is 0.478. The lowest BCUT2D eigenvalue weighted by atomic mass is 9.93. The smallest absolute Gasteiger partial charge is 0.217 e. The molecule has 0 spiro atoms. The first-order valence-electron chi connectivity index (χ1n) is 10.4. The van der Waals surface area contributed by atoms with Crippen molar-refractivity contribution >= 4 is 0 Å². The number of hydrogen-bond acceptors (Lipinski definition) is 5. The molecule has 4 atom stereocenters. The van der Waals surface area contributed by atoms with Gasteiger partial charge in [-0.3, -0.25) is 4.90 Å². The fourth-order valence-electron chi connectivity index (χ4n) is 4.78. The summed E-state index contributed by atoms with van der Waals surface area (Å²) in [4.78, 5) is 2.02. The second-order valence-corrected chi connectivity index (χ2v) is 8.54. The Hall–Kier alpha value is -2.22. The Morgan fingerprint density at radius 2 is 1.57 bits per heavy atom. The summed E-state index contributed by atoms with van der Waals surface area (Å²) in [5.41, 5.74) is 1.65. The fourth-order valence-corrected chi connectivity index (χ4v) is 4.78. The maximum absolute atomic E-state index is 13.5. The van der Waals surface area contributed by atoms with Crippen LogP contribution < -0.4 is 9.47 Å². The quantitative estimate of drug-likeness (QED) is 0.814. The third kappa shape index (κ3) is 3.66. The molecule has 0 radical (unpaired) electrons. The van der Waals surface area contributed by atoms with E-state index in [1.54, 1.807) is 12.1 Å². The van der Waals surface area contributed by atoms with Crippen molar-refractivity contribution in [2.24, 2.45) is 0 Å². The summed E-state index contributed by atoms with van der Waals surface area (Å²) >= 11 is 0. The summed E-state index contributed by atoms with van der Waals surface area (Å²) in [5.74, 6) is -0.820. The zero-order valence-corrected chi connectivity index (χ0v) is 16.8. The molecular weight excluding hydrogens is 392 g/mol. The Balaban J connectivity index is 1.33. The van der Waals surface area contributed by atoms with E-state index in [0.717, 1.165) is 11.1 Å². The van der Waals surface area contributed by atoms with Crippen molar-refractivity contribution in [2.75, 3.05) is 20.1 Å². The van der Waals surface area contributed by atoms with Gasteiger partial charge in [-0.25, -0.2) is 8.78 Å². The number of aliphatic hydroxyl groups is 1. The molecule has 3 aliphatic heterocycles. The SMILES string of the molecule is CN1CC(C2CCc3cc(F)ccc3O2)OC(O)(C2CCc3cc(F)ccc3O2)C1. The minimum Gasteiger partial charge on any atom is -0.487 e. The Bertz CT molecular complexity index is 955. The zero-order valence-electron chi connectivity index (χ0n) is 16.8. The molecule has 1 N–H and O–H groups in total. The summed E-state index contributed by atoms with van der Waals surface area (Å²) in [6, 6.07) is 8.98. The predicted molar refractivity (Wildman–Crippen MR) is 106 cm³/mol. The normalized spacial score (nSPS) is 31.3. The lowest BCUT2D eigenvalue weighted by Gasteiger charge is -2.48. The molecule has 3 aliphatic rings. The molecule has 4 unspecified atom stereocenters. The third-order valence-electron chi connectivity index (χ3n) is 6.23. The molecule has 0 aliphatic carbocycles. The predicted octanol–water partition coefficient (Wildman–Crippen LogP) is 3.07. The molecule has 2 aromatic carbocycles. The monoisotopic (exact) mass is 417 g/mol. The van der Waals surface area contributed by atoms with Gasteiger partial charge >= 0.3 is 0 Å². The lowest BCUT2D eigenvalue weighted by Crippen LogP contribution is -2.64. The number of nitrogens with zero attached hydrogens (tertiary/aromatic N) is 1. The molecule has 160 valence electrons. The van der Waals surface area contributed by atoms with Gasteiger partial charge < -0.3 is 19.3 Å². The number of morpholine rings is 1. The molecule has 0 aromatic heterocycles. The van der Waals surface area contributed by atoms with Crippen molar-refractivity contribution < 1.29 is 28.1 Å². The van der Waals surface area contributed by atoms with Crippen LogP contribution in [0, 0.1) is 11.6 Å². The molecule has 2 aromatic rings. The highest BCUT2D eigenvalue weighted by atomic mass is 19.1. The summed E-state index contributed by atoms with van der Waals surface area (Å²) in [6.45, 7) is 0.914. The maximum Gasteiger partial charge on any atom is 0.217 e. The molecule has 0 amide bonds. The highest BCUT2D eigenvalue weighted by Crippen LogP contribution is 2.37. The van der Waals surface area contributed by atoms with E-state index in [9.17, 15) is 13.9 Å². The average molecular weight is 417 g/mol. The first-order valence-corrected chi connectivity index (χ1v) is 10.4. The van der Waals surface area contributed by atoms with Gasteiger partial charge in [0.2, 0.25) is 5.79 Å². The summed E-state index contributed by atoms with van der Waals surface area (Å²) in [6.07, 6.45) is 1.34. The van der Waals surface area contributed by atoms with Gasteiger partial charge in [0.05, 0.1) is 6.54 Å². The Morgan fingerprint density at radius 1 is 0.933 bits per heavy atom. The first-order chi connectivity index (χ1) is 14.4.